The largest absolute Gasteiger partial charge is 0.444 e. The predicted molar refractivity (Wildman–Crippen MR) is 72.4 cm³/mol. The second-order valence-electron chi connectivity index (χ2n) is 4.86. The van der Waals surface area contributed by atoms with Crippen molar-refractivity contribution >= 4 is 0 Å². The molecule has 1 heterocycles. The van der Waals surface area contributed by atoms with Gasteiger partial charge in [-0.2, -0.15) is 0 Å². The van der Waals surface area contributed by atoms with Gasteiger partial charge in [-0.1, -0.05) is 12.1 Å². The van der Waals surface area contributed by atoms with Crippen LogP contribution in [0.25, 0.3) is 0 Å². The summed E-state index contributed by atoms with van der Waals surface area (Å²) >= 11 is 0. The zero-order valence-electron chi connectivity index (χ0n) is 11.7. The predicted octanol–water partition coefficient (Wildman–Crippen LogP) is 3.59. The van der Waals surface area contributed by atoms with Crippen LogP contribution in [-0.4, -0.2) is 4.98 Å². The average Bonchev–Trinajstić information content (AvgIpc) is 2.69. The van der Waals surface area contributed by atoms with E-state index in [1.807, 2.05) is 26.8 Å². The maximum Gasteiger partial charge on any atom is 0.208 e. The first-order chi connectivity index (χ1) is 8.97. The summed E-state index contributed by atoms with van der Waals surface area (Å²) in [6.07, 6.45) is 0. The molecule has 0 aliphatic carbocycles. The van der Waals surface area contributed by atoms with Gasteiger partial charge in [-0.25, -0.2) is 9.37 Å². The standard InChI is InChI=1S/C15H19FN2O/c1-9-5-6-13(7-14(9)16)11(3)17-8-15-18-10(2)12(4)19-15/h5-7,11,17H,8H2,1-4H3. The molecule has 1 N–H and O–H groups in total. The molecule has 2 rings (SSSR count). The number of nitrogens with one attached hydrogen (secondary N) is 1. The number of nitrogens with zero attached hydrogens (tertiary/aromatic N) is 1. The summed E-state index contributed by atoms with van der Waals surface area (Å²) in [6.45, 7) is 8.10. The van der Waals surface area contributed by atoms with E-state index in [-0.39, 0.29) is 11.9 Å². The van der Waals surface area contributed by atoms with Crippen molar-refractivity contribution in [2.75, 3.05) is 0 Å². The topological polar surface area (TPSA) is 38.1 Å². The highest BCUT2D eigenvalue weighted by Gasteiger charge is 2.10. The van der Waals surface area contributed by atoms with Crippen LogP contribution in [0, 0.1) is 26.6 Å². The summed E-state index contributed by atoms with van der Waals surface area (Å²) in [6, 6.07) is 5.34. The first kappa shape index (κ1) is 13.7. The van der Waals surface area contributed by atoms with Gasteiger partial charge in [-0.05, 0) is 44.9 Å². The minimum absolute atomic E-state index is 0.0441. The fourth-order valence-electron chi connectivity index (χ4n) is 1.85. The quantitative estimate of drug-likeness (QED) is 0.915. The molecule has 0 saturated heterocycles. The highest BCUT2D eigenvalue weighted by molar-refractivity contribution is 5.25. The smallest absolute Gasteiger partial charge is 0.208 e. The normalized spacial score (nSPS) is 12.7. The van der Waals surface area contributed by atoms with Gasteiger partial charge in [-0.15, -0.1) is 0 Å². The Morgan fingerprint density at radius 1 is 1.32 bits per heavy atom. The number of hydrogen-bond acceptors (Lipinski definition) is 3. The third-order valence-electron chi connectivity index (χ3n) is 3.33. The van der Waals surface area contributed by atoms with Crippen LogP contribution in [0.5, 0.6) is 0 Å². The number of aryl methyl sites for hydroxylation is 3. The van der Waals surface area contributed by atoms with Gasteiger partial charge in [-0.3, -0.25) is 0 Å². The van der Waals surface area contributed by atoms with Crippen molar-refractivity contribution in [3.63, 3.8) is 0 Å². The van der Waals surface area contributed by atoms with Gasteiger partial charge in [0.15, 0.2) is 0 Å². The molecule has 102 valence electrons. The van der Waals surface area contributed by atoms with Crippen LogP contribution in [0.4, 0.5) is 4.39 Å². The molecule has 0 fully saturated rings. The molecule has 19 heavy (non-hydrogen) atoms. The van der Waals surface area contributed by atoms with Crippen molar-refractivity contribution in [3.8, 4) is 0 Å². The Morgan fingerprint density at radius 3 is 2.63 bits per heavy atom. The molecule has 0 aliphatic heterocycles. The molecule has 0 bridgehead atoms. The first-order valence-corrected chi connectivity index (χ1v) is 6.39. The maximum atomic E-state index is 13.5. The van der Waals surface area contributed by atoms with Gasteiger partial charge in [0.25, 0.3) is 0 Å². The molecule has 2 aromatic rings. The van der Waals surface area contributed by atoms with Crippen LogP contribution in [0.1, 0.15) is 41.4 Å². The molecule has 1 atom stereocenters. The van der Waals surface area contributed by atoms with E-state index in [9.17, 15) is 4.39 Å². The average molecular weight is 262 g/mol. The van der Waals surface area contributed by atoms with Crippen molar-refractivity contribution in [1.82, 2.24) is 10.3 Å². The molecule has 0 radical (unpaired) electrons. The number of hydrogen-bond donors (Lipinski definition) is 1. The van der Waals surface area contributed by atoms with Crippen LogP contribution in [0.2, 0.25) is 0 Å². The van der Waals surface area contributed by atoms with E-state index < -0.39 is 0 Å². The third kappa shape index (κ3) is 3.20. The summed E-state index contributed by atoms with van der Waals surface area (Å²) in [4.78, 5) is 4.30. The van der Waals surface area contributed by atoms with Crippen molar-refractivity contribution in [2.45, 2.75) is 40.3 Å². The minimum Gasteiger partial charge on any atom is -0.444 e. The van der Waals surface area contributed by atoms with Crippen molar-refractivity contribution < 1.29 is 8.81 Å². The lowest BCUT2D eigenvalue weighted by atomic mass is 10.1. The van der Waals surface area contributed by atoms with Crippen molar-refractivity contribution in [1.29, 1.82) is 0 Å². The van der Waals surface area contributed by atoms with E-state index in [0.717, 1.165) is 17.0 Å². The van der Waals surface area contributed by atoms with Gasteiger partial charge in [0.1, 0.15) is 11.6 Å². The summed E-state index contributed by atoms with van der Waals surface area (Å²) in [5.74, 6) is 1.33. The van der Waals surface area contributed by atoms with Crippen LogP contribution in [0.3, 0.4) is 0 Å². The van der Waals surface area contributed by atoms with E-state index in [0.29, 0.717) is 18.0 Å². The molecular formula is C15H19FN2O. The zero-order valence-corrected chi connectivity index (χ0v) is 11.7. The van der Waals surface area contributed by atoms with Gasteiger partial charge in [0.2, 0.25) is 5.89 Å². The van der Waals surface area contributed by atoms with Crippen LogP contribution in [-0.2, 0) is 6.54 Å². The fraction of sp³-hybridized carbons (Fsp3) is 0.400. The monoisotopic (exact) mass is 262 g/mol. The summed E-state index contributed by atoms with van der Waals surface area (Å²) < 4.78 is 19.0. The minimum atomic E-state index is -0.172. The maximum absolute atomic E-state index is 13.5. The van der Waals surface area contributed by atoms with E-state index >= 15 is 0 Å². The van der Waals surface area contributed by atoms with Gasteiger partial charge in [0.05, 0.1) is 12.2 Å². The lowest BCUT2D eigenvalue weighted by Crippen LogP contribution is -2.18. The Hall–Kier alpha value is -1.68. The Morgan fingerprint density at radius 2 is 2.05 bits per heavy atom. The summed E-state index contributed by atoms with van der Waals surface area (Å²) in [5.41, 5.74) is 2.49. The number of rotatable bonds is 4. The number of halogens is 1. The number of aromatic nitrogens is 1. The molecule has 4 heteroatoms. The first-order valence-electron chi connectivity index (χ1n) is 6.39. The van der Waals surface area contributed by atoms with Crippen molar-refractivity contribution in [2.24, 2.45) is 0 Å². The van der Waals surface area contributed by atoms with Crippen molar-refractivity contribution in [3.05, 3.63) is 52.5 Å². The fourth-order valence-corrected chi connectivity index (χ4v) is 1.85. The Balaban J connectivity index is 2.00. The number of oxazole rings is 1. The second-order valence-corrected chi connectivity index (χ2v) is 4.86. The number of benzene rings is 1. The Labute approximate surface area is 112 Å². The molecule has 0 saturated carbocycles. The lowest BCUT2D eigenvalue weighted by molar-refractivity contribution is 0.431. The molecule has 0 amide bonds. The molecule has 0 aliphatic rings. The van der Waals surface area contributed by atoms with Crippen LogP contribution < -0.4 is 5.32 Å². The Bertz CT molecular complexity index is 558. The molecular weight excluding hydrogens is 243 g/mol. The molecule has 1 aromatic heterocycles. The van der Waals surface area contributed by atoms with Gasteiger partial charge in [0, 0.05) is 6.04 Å². The second kappa shape index (κ2) is 5.53. The molecule has 3 nitrogen and oxygen atoms in total. The van der Waals surface area contributed by atoms with Gasteiger partial charge < -0.3 is 9.73 Å². The van der Waals surface area contributed by atoms with E-state index in [4.69, 9.17) is 4.42 Å². The van der Waals surface area contributed by atoms with E-state index in [1.54, 1.807) is 19.1 Å². The van der Waals surface area contributed by atoms with Gasteiger partial charge >= 0.3 is 0 Å². The Kier molecular flexibility index (Phi) is 4.00. The van der Waals surface area contributed by atoms with Crippen LogP contribution >= 0.6 is 0 Å². The summed E-state index contributed by atoms with van der Waals surface area (Å²) in [5, 5.41) is 3.28. The zero-order chi connectivity index (χ0) is 14.0. The van der Waals surface area contributed by atoms with E-state index in [2.05, 4.69) is 10.3 Å². The van der Waals surface area contributed by atoms with Crippen LogP contribution in [0.15, 0.2) is 22.6 Å². The third-order valence-corrected chi connectivity index (χ3v) is 3.33. The molecule has 1 unspecified atom stereocenters. The SMILES string of the molecule is Cc1ccc(C(C)NCc2nc(C)c(C)o2)cc1F. The highest BCUT2D eigenvalue weighted by Crippen LogP contribution is 2.17. The lowest BCUT2D eigenvalue weighted by Gasteiger charge is -2.13. The van der Waals surface area contributed by atoms with E-state index in [1.165, 1.54) is 0 Å². The molecule has 1 aromatic carbocycles. The highest BCUT2D eigenvalue weighted by atomic mass is 19.1. The molecule has 0 spiro atoms. The summed E-state index contributed by atoms with van der Waals surface area (Å²) in [7, 11) is 0.